The third-order valence-electron chi connectivity index (χ3n) is 3.64. The lowest BCUT2D eigenvalue weighted by Gasteiger charge is -2.13. The maximum atomic E-state index is 12.3. The summed E-state index contributed by atoms with van der Waals surface area (Å²) in [6, 6.07) is 16.2. The van der Waals surface area contributed by atoms with Gasteiger partial charge in [0.1, 0.15) is 5.70 Å². The van der Waals surface area contributed by atoms with Gasteiger partial charge >= 0.3 is 5.97 Å². The van der Waals surface area contributed by atoms with Crippen LogP contribution in [-0.2, 0) is 19.1 Å². The van der Waals surface area contributed by atoms with Crippen LogP contribution in [-0.4, -0.2) is 38.5 Å². The second kappa shape index (κ2) is 9.91. The lowest BCUT2D eigenvalue weighted by molar-refractivity contribution is -0.144. The maximum Gasteiger partial charge on any atom is 0.355 e. The van der Waals surface area contributed by atoms with Crippen molar-refractivity contribution >= 4 is 35.2 Å². The molecule has 146 valence electrons. The van der Waals surface area contributed by atoms with E-state index in [1.54, 1.807) is 36.4 Å². The summed E-state index contributed by atoms with van der Waals surface area (Å²) in [4.78, 5) is 37.6. The molecule has 7 heteroatoms. The van der Waals surface area contributed by atoms with Gasteiger partial charge < -0.3 is 20.3 Å². The van der Waals surface area contributed by atoms with Crippen molar-refractivity contribution in [2.75, 3.05) is 30.9 Å². The van der Waals surface area contributed by atoms with Gasteiger partial charge in [-0.15, -0.1) is 0 Å². The number of nitrogens with one attached hydrogen (secondary N) is 2. The predicted molar refractivity (Wildman–Crippen MR) is 109 cm³/mol. The summed E-state index contributed by atoms with van der Waals surface area (Å²) in [5.41, 5.74) is 2.26. The molecule has 2 rings (SSSR count). The summed E-state index contributed by atoms with van der Waals surface area (Å²) < 4.78 is 5.03. The van der Waals surface area contributed by atoms with E-state index in [2.05, 4.69) is 10.6 Å². The third kappa shape index (κ3) is 6.60. The minimum absolute atomic E-state index is 0.0400. The van der Waals surface area contributed by atoms with Crippen LogP contribution in [0.4, 0.5) is 11.4 Å². The van der Waals surface area contributed by atoms with Crippen LogP contribution in [0, 0.1) is 0 Å². The molecule has 0 saturated carbocycles. The van der Waals surface area contributed by atoms with E-state index in [0.717, 1.165) is 5.69 Å². The first-order valence-electron chi connectivity index (χ1n) is 8.64. The van der Waals surface area contributed by atoms with E-state index in [4.69, 9.17) is 4.74 Å². The molecular weight excluding hydrogens is 358 g/mol. The Balaban J connectivity index is 1.96. The standard InChI is InChI=1S/C21H23N3O4/c1-15(25)22-19(13-16-7-5-4-6-8-16)21(27)28-14-20(26)23-17-9-11-18(12-10-17)24(2)3/h4-13H,14H2,1-3H3,(H,22,25)(H,23,26)/b19-13+. The molecule has 0 saturated heterocycles. The predicted octanol–water partition coefficient (Wildman–Crippen LogP) is 2.41. The van der Waals surface area contributed by atoms with E-state index >= 15 is 0 Å². The first-order chi connectivity index (χ1) is 13.3. The highest BCUT2D eigenvalue weighted by atomic mass is 16.5. The summed E-state index contributed by atoms with van der Waals surface area (Å²) in [6.07, 6.45) is 1.49. The molecule has 0 heterocycles. The maximum absolute atomic E-state index is 12.3. The highest BCUT2D eigenvalue weighted by Crippen LogP contribution is 2.15. The number of benzene rings is 2. The molecule has 7 nitrogen and oxygen atoms in total. The van der Waals surface area contributed by atoms with Crippen LogP contribution in [0.1, 0.15) is 12.5 Å². The molecule has 2 amide bonds. The summed E-state index contributed by atoms with van der Waals surface area (Å²) in [7, 11) is 3.84. The van der Waals surface area contributed by atoms with Crippen molar-refractivity contribution < 1.29 is 19.1 Å². The second-order valence-electron chi connectivity index (χ2n) is 6.22. The number of amides is 2. The SMILES string of the molecule is CC(=O)N/C(=C/c1ccccc1)C(=O)OCC(=O)Nc1ccc(N(C)C)cc1. The second-order valence-corrected chi connectivity index (χ2v) is 6.22. The fourth-order valence-corrected chi connectivity index (χ4v) is 2.30. The molecule has 0 fully saturated rings. The van der Waals surface area contributed by atoms with E-state index in [1.807, 2.05) is 37.2 Å². The van der Waals surface area contributed by atoms with Crippen LogP contribution in [0.2, 0.25) is 0 Å². The molecule has 2 aromatic carbocycles. The lowest BCUT2D eigenvalue weighted by atomic mass is 10.2. The largest absolute Gasteiger partial charge is 0.451 e. The fraction of sp³-hybridized carbons (Fsp3) is 0.190. The number of carbonyl (C=O) groups is 3. The average Bonchev–Trinajstić information content (AvgIpc) is 2.66. The zero-order chi connectivity index (χ0) is 20.5. The number of rotatable bonds is 7. The van der Waals surface area contributed by atoms with Gasteiger partial charge in [-0.1, -0.05) is 30.3 Å². The molecule has 2 aromatic rings. The van der Waals surface area contributed by atoms with E-state index in [0.29, 0.717) is 11.3 Å². The Hall–Kier alpha value is -3.61. The highest BCUT2D eigenvalue weighted by molar-refractivity contribution is 5.99. The summed E-state index contributed by atoms with van der Waals surface area (Å²) in [5.74, 6) is -1.69. The van der Waals surface area contributed by atoms with Crippen LogP contribution in [0.5, 0.6) is 0 Å². The van der Waals surface area contributed by atoms with Gasteiger partial charge in [-0.25, -0.2) is 4.79 Å². The fourth-order valence-electron chi connectivity index (χ4n) is 2.30. The molecule has 0 aliphatic rings. The summed E-state index contributed by atoms with van der Waals surface area (Å²) in [5, 5.41) is 5.08. The minimum Gasteiger partial charge on any atom is -0.451 e. The van der Waals surface area contributed by atoms with E-state index in [-0.39, 0.29) is 5.70 Å². The van der Waals surface area contributed by atoms with Gasteiger partial charge in [-0.3, -0.25) is 9.59 Å². The lowest BCUT2D eigenvalue weighted by Crippen LogP contribution is -2.28. The van der Waals surface area contributed by atoms with E-state index < -0.39 is 24.4 Å². The van der Waals surface area contributed by atoms with Crippen molar-refractivity contribution in [3.63, 3.8) is 0 Å². The zero-order valence-electron chi connectivity index (χ0n) is 16.1. The van der Waals surface area contributed by atoms with Crippen molar-refractivity contribution in [1.82, 2.24) is 5.32 Å². The molecular formula is C21H23N3O4. The monoisotopic (exact) mass is 381 g/mol. The van der Waals surface area contributed by atoms with Crippen LogP contribution < -0.4 is 15.5 Å². The quantitative estimate of drug-likeness (QED) is 0.568. The van der Waals surface area contributed by atoms with E-state index in [1.165, 1.54) is 13.0 Å². The molecule has 0 aliphatic carbocycles. The van der Waals surface area contributed by atoms with Gasteiger partial charge in [0.05, 0.1) is 0 Å². The Bertz CT molecular complexity index is 859. The smallest absolute Gasteiger partial charge is 0.355 e. The number of carbonyl (C=O) groups excluding carboxylic acids is 3. The van der Waals surface area contributed by atoms with Crippen LogP contribution in [0.3, 0.4) is 0 Å². The first-order valence-corrected chi connectivity index (χ1v) is 8.64. The Kier molecular flexibility index (Phi) is 7.33. The Morgan fingerprint density at radius 3 is 2.21 bits per heavy atom. The van der Waals surface area contributed by atoms with Crippen LogP contribution >= 0.6 is 0 Å². The number of ether oxygens (including phenoxy) is 1. The zero-order valence-corrected chi connectivity index (χ0v) is 16.1. The molecule has 0 aliphatic heterocycles. The number of hydrogen-bond donors (Lipinski definition) is 2. The van der Waals surface area contributed by atoms with Crippen LogP contribution in [0.15, 0.2) is 60.3 Å². The van der Waals surface area contributed by atoms with Crippen molar-refractivity contribution in [2.45, 2.75) is 6.92 Å². The van der Waals surface area contributed by atoms with Crippen molar-refractivity contribution in [3.8, 4) is 0 Å². The Labute approximate surface area is 164 Å². The first kappa shape index (κ1) is 20.7. The number of anilines is 2. The minimum atomic E-state index is -0.794. The highest BCUT2D eigenvalue weighted by Gasteiger charge is 2.15. The summed E-state index contributed by atoms with van der Waals surface area (Å²) >= 11 is 0. The molecule has 0 atom stereocenters. The van der Waals surface area contributed by atoms with Crippen molar-refractivity contribution in [2.24, 2.45) is 0 Å². The third-order valence-corrected chi connectivity index (χ3v) is 3.64. The van der Waals surface area contributed by atoms with Gasteiger partial charge in [-0.05, 0) is 35.9 Å². The molecule has 2 N–H and O–H groups in total. The molecule has 0 aromatic heterocycles. The van der Waals surface area contributed by atoms with Gasteiger partial charge in [0, 0.05) is 32.4 Å². The average molecular weight is 381 g/mol. The van der Waals surface area contributed by atoms with E-state index in [9.17, 15) is 14.4 Å². The molecule has 0 spiro atoms. The number of esters is 1. The number of hydrogen-bond acceptors (Lipinski definition) is 5. The molecule has 28 heavy (non-hydrogen) atoms. The topological polar surface area (TPSA) is 87.7 Å². The van der Waals surface area contributed by atoms with Gasteiger partial charge in [0.2, 0.25) is 5.91 Å². The normalized spacial score (nSPS) is 10.8. The molecule has 0 bridgehead atoms. The van der Waals surface area contributed by atoms with Gasteiger partial charge in [0.25, 0.3) is 5.91 Å². The van der Waals surface area contributed by atoms with Crippen LogP contribution in [0.25, 0.3) is 6.08 Å². The van der Waals surface area contributed by atoms with Gasteiger partial charge in [0.15, 0.2) is 6.61 Å². The van der Waals surface area contributed by atoms with Crippen molar-refractivity contribution in [1.29, 1.82) is 0 Å². The molecule has 0 radical (unpaired) electrons. The Morgan fingerprint density at radius 2 is 1.64 bits per heavy atom. The number of nitrogens with zero attached hydrogens (tertiary/aromatic N) is 1. The van der Waals surface area contributed by atoms with Crippen molar-refractivity contribution in [3.05, 3.63) is 65.9 Å². The summed E-state index contributed by atoms with van der Waals surface area (Å²) in [6.45, 7) is 0.816. The Morgan fingerprint density at radius 1 is 1.00 bits per heavy atom. The van der Waals surface area contributed by atoms with Gasteiger partial charge in [-0.2, -0.15) is 0 Å². The molecule has 0 unspecified atom stereocenters.